The van der Waals surface area contributed by atoms with Crippen molar-refractivity contribution in [3.05, 3.63) is 35.2 Å². The van der Waals surface area contributed by atoms with E-state index in [2.05, 4.69) is 22.8 Å². The molecule has 0 aliphatic heterocycles. The van der Waals surface area contributed by atoms with Crippen LogP contribution in [0.5, 0.6) is 0 Å². The fraction of sp³-hybridized carbons (Fsp3) is 0.308. The van der Waals surface area contributed by atoms with Gasteiger partial charge in [-0.05, 0) is 36.4 Å². The Kier molecular flexibility index (Phi) is 3.36. The second-order valence-electron chi connectivity index (χ2n) is 3.93. The first-order valence-corrected chi connectivity index (χ1v) is 6.23. The van der Waals surface area contributed by atoms with E-state index in [4.69, 9.17) is 0 Å². The maximum absolute atomic E-state index is 11.2. The average molecular weight is 233 g/mol. The van der Waals surface area contributed by atoms with Gasteiger partial charge < -0.3 is 5.32 Å². The highest BCUT2D eigenvalue weighted by Crippen LogP contribution is 2.31. The van der Waals surface area contributed by atoms with Gasteiger partial charge in [0.25, 0.3) is 0 Å². The van der Waals surface area contributed by atoms with Gasteiger partial charge in [-0.1, -0.05) is 18.2 Å². The summed E-state index contributed by atoms with van der Waals surface area (Å²) in [7, 11) is 1.90. The molecule has 16 heavy (non-hydrogen) atoms. The first-order valence-electron chi connectivity index (χ1n) is 5.35. The standard InChI is InChI=1S/C13H15NOS/c1-9(15)7-12(14-2)11-8-16-13-6-4-3-5-10(11)13/h3-6,8,12,14H,7H2,1-2H3. The first-order chi connectivity index (χ1) is 7.72. The summed E-state index contributed by atoms with van der Waals surface area (Å²) in [6, 6.07) is 8.45. The molecule has 1 heterocycles. The van der Waals surface area contributed by atoms with Crippen molar-refractivity contribution in [2.45, 2.75) is 19.4 Å². The van der Waals surface area contributed by atoms with Gasteiger partial charge in [-0.3, -0.25) is 4.79 Å². The average Bonchev–Trinajstić information content (AvgIpc) is 2.69. The van der Waals surface area contributed by atoms with Gasteiger partial charge in [0.15, 0.2) is 0 Å². The summed E-state index contributed by atoms with van der Waals surface area (Å²) in [4.78, 5) is 11.2. The highest BCUT2D eigenvalue weighted by molar-refractivity contribution is 7.17. The number of Topliss-reactive ketones (excluding diaryl/α,β-unsaturated/α-hetero) is 1. The van der Waals surface area contributed by atoms with Crippen LogP contribution in [0.15, 0.2) is 29.6 Å². The smallest absolute Gasteiger partial charge is 0.131 e. The fourth-order valence-corrected chi connectivity index (χ4v) is 2.94. The number of rotatable bonds is 4. The quantitative estimate of drug-likeness (QED) is 0.879. The molecule has 0 spiro atoms. The summed E-state index contributed by atoms with van der Waals surface area (Å²) in [5, 5.41) is 6.62. The molecule has 2 aromatic rings. The summed E-state index contributed by atoms with van der Waals surface area (Å²) in [6.07, 6.45) is 0.553. The highest BCUT2D eigenvalue weighted by Gasteiger charge is 2.15. The maximum atomic E-state index is 11.2. The molecule has 0 saturated carbocycles. The second kappa shape index (κ2) is 4.76. The molecule has 1 aromatic heterocycles. The summed E-state index contributed by atoms with van der Waals surface area (Å²) >= 11 is 1.73. The number of thiophene rings is 1. The predicted molar refractivity (Wildman–Crippen MR) is 68.9 cm³/mol. The molecule has 1 aromatic carbocycles. The van der Waals surface area contributed by atoms with Gasteiger partial charge in [0.1, 0.15) is 5.78 Å². The molecular weight excluding hydrogens is 218 g/mol. The fourth-order valence-electron chi connectivity index (χ4n) is 1.92. The number of carbonyl (C=O) groups is 1. The molecule has 2 nitrogen and oxygen atoms in total. The van der Waals surface area contributed by atoms with E-state index in [1.54, 1.807) is 18.3 Å². The molecule has 3 heteroatoms. The largest absolute Gasteiger partial charge is 0.313 e. The van der Waals surface area contributed by atoms with Crippen LogP contribution in [0.25, 0.3) is 10.1 Å². The molecule has 1 atom stereocenters. The van der Waals surface area contributed by atoms with Gasteiger partial charge in [0.2, 0.25) is 0 Å². The Bertz CT molecular complexity index is 503. The van der Waals surface area contributed by atoms with Crippen LogP contribution in [-0.4, -0.2) is 12.8 Å². The van der Waals surface area contributed by atoms with Crippen LogP contribution >= 0.6 is 11.3 Å². The van der Waals surface area contributed by atoms with E-state index in [-0.39, 0.29) is 11.8 Å². The molecule has 0 fully saturated rings. The van der Waals surface area contributed by atoms with E-state index in [1.807, 2.05) is 19.2 Å². The minimum Gasteiger partial charge on any atom is -0.313 e. The van der Waals surface area contributed by atoms with Crippen molar-refractivity contribution in [2.24, 2.45) is 0 Å². The van der Waals surface area contributed by atoms with Gasteiger partial charge in [-0.25, -0.2) is 0 Å². The monoisotopic (exact) mass is 233 g/mol. The van der Waals surface area contributed by atoms with Crippen molar-refractivity contribution in [3.8, 4) is 0 Å². The molecule has 84 valence electrons. The van der Waals surface area contributed by atoms with Gasteiger partial charge >= 0.3 is 0 Å². The van der Waals surface area contributed by atoms with E-state index in [0.29, 0.717) is 6.42 Å². The lowest BCUT2D eigenvalue weighted by Gasteiger charge is -2.13. The third-order valence-electron chi connectivity index (χ3n) is 2.73. The van der Waals surface area contributed by atoms with Crippen molar-refractivity contribution in [1.29, 1.82) is 0 Å². The maximum Gasteiger partial charge on any atom is 0.131 e. The minimum atomic E-state index is 0.133. The van der Waals surface area contributed by atoms with Crippen molar-refractivity contribution in [2.75, 3.05) is 7.05 Å². The number of ketones is 1. The van der Waals surface area contributed by atoms with Crippen LogP contribution < -0.4 is 5.32 Å². The lowest BCUT2D eigenvalue weighted by atomic mass is 10.0. The Labute approximate surface area is 99.3 Å². The Morgan fingerprint density at radius 1 is 1.44 bits per heavy atom. The number of carbonyl (C=O) groups excluding carboxylic acids is 1. The normalized spacial score (nSPS) is 12.9. The third-order valence-corrected chi connectivity index (χ3v) is 3.71. The Morgan fingerprint density at radius 3 is 2.88 bits per heavy atom. The number of benzene rings is 1. The Hall–Kier alpha value is -1.19. The molecule has 0 aliphatic carbocycles. The van der Waals surface area contributed by atoms with Crippen molar-refractivity contribution in [3.63, 3.8) is 0 Å². The van der Waals surface area contributed by atoms with Crippen molar-refractivity contribution >= 4 is 27.2 Å². The van der Waals surface area contributed by atoms with Gasteiger partial charge in [0.05, 0.1) is 0 Å². The number of nitrogens with one attached hydrogen (secondary N) is 1. The van der Waals surface area contributed by atoms with Crippen LogP contribution in [0.4, 0.5) is 0 Å². The van der Waals surface area contributed by atoms with Gasteiger partial charge in [-0.15, -0.1) is 11.3 Å². The number of fused-ring (bicyclic) bond motifs is 1. The number of hydrogen-bond donors (Lipinski definition) is 1. The van der Waals surface area contributed by atoms with E-state index in [0.717, 1.165) is 0 Å². The second-order valence-corrected chi connectivity index (χ2v) is 4.85. The molecule has 1 unspecified atom stereocenters. The van der Waals surface area contributed by atoms with E-state index in [9.17, 15) is 4.79 Å². The number of hydrogen-bond acceptors (Lipinski definition) is 3. The molecule has 0 saturated heterocycles. The van der Waals surface area contributed by atoms with Crippen molar-refractivity contribution < 1.29 is 4.79 Å². The van der Waals surface area contributed by atoms with E-state index >= 15 is 0 Å². The van der Waals surface area contributed by atoms with E-state index in [1.165, 1.54) is 15.6 Å². The summed E-state index contributed by atoms with van der Waals surface area (Å²) in [5.74, 6) is 0.217. The lowest BCUT2D eigenvalue weighted by Crippen LogP contribution is -2.18. The topological polar surface area (TPSA) is 29.1 Å². The zero-order chi connectivity index (χ0) is 11.5. The van der Waals surface area contributed by atoms with E-state index < -0.39 is 0 Å². The molecule has 2 rings (SSSR count). The lowest BCUT2D eigenvalue weighted by molar-refractivity contribution is -0.117. The molecule has 0 aliphatic rings. The van der Waals surface area contributed by atoms with Crippen LogP contribution in [0.3, 0.4) is 0 Å². The predicted octanol–water partition coefficient (Wildman–Crippen LogP) is 3.14. The van der Waals surface area contributed by atoms with Crippen LogP contribution in [0.1, 0.15) is 24.9 Å². The zero-order valence-corrected chi connectivity index (χ0v) is 10.3. The summed E-state index contributed by atoms with van der Waals surface area (Å²) in [6.45, 7) is 1.64. The molecule has 0 amide bonds. The summed E-state index contributed by atoms with van der Waals surface area (Å²) < 4.78 is 1.28. The molecule has 0 radical (unpaired) electrons. The Balaban J connectivity index is 2.41. The highest BCUT2D eigenvalue weighted by atomic mass is 32.1. The first kappa shape index (κ1) is 11.3. The molecule has 0 bridgehead atoms. The molecule has 1 N–H and O–H groups in total. The SMILES string of the molecule is CNC(CC(C)=O)c1csc2ccccc12. The Morgan fingerprint density at radius 2 is 2.19 bits per heavy atom. The van der Waals surface area contributed by atoms with Crippen molar-refractivity contribution in [1.82, 2.24) is 5.32 Å². The molecular formula is C13H15NOS. The summed E-state index contributed by atoms with van der Waals surface area (Å²) in [5.41, 5.74) is 1.23. The third kappa shape index (κ3) is 2.15. The van der Waals surface area contributed by atoms with Crippen LogP contribution in [0.2, 0.25) is 0 Å². The van der Waals surface area contributed by atoms with Gasteiger partial charge in [0, 0.05) is 17.2 Å². The minimum absolute atomic E-state index is 0.133. The zero-order valence-electron chi connectivity index (χ0n) is 9.49. The van der Waals surface area contributed by atoms with Crippen LogP contribution in [-0.2, 0) is 4.79 Å². The van der Waals surface area contributed by atoms with Gasteiger partial charge in [-0.2, -0.15) is 0 Å². The van der Waals surface area contributed by atoms with Crippen LogP contribution in [0, 0.1) is 0 Å².